The number of aryl methyl sites for hydroxylation is 1. The van der Waals surface area contributed by atoms with E-state index in [9.17, 15) is 0 Å². The number of rotatable bonds is 3. The van der Waals surface area contributed by atoms with E-state index in [2.05, 4.69) is 75.7 Å². The number of nitrogen functional groups attached to an aromatic ring is 1. The standard InChI is InChI=1S/C26H22N4/c27-26-13-11-21-22(6-3-7-23(21)29-26)28-19-10-8-18-14-15-30(25(18)16-19)24-12-9-17-4-1-2-5-20(17)24/h1-8,10-11,13-16,24,28H,9,12H2,(H2,27,29)/t24-/m1/s1. The fourth-order valence-electron chi connectivity index (χ4n) is 4.76. The van der Waals surface area contributed by atoms with E-state index in [4.69, 9.17) is 5.73 Å². The number of pyridine rings is 1. The lowest BCUT2D eigenvalue weighted by Gasteiger charge is -2.17. The summed E-state index contributed by atoms with van der Waals surface area (Å²) in [5, 5.41) is 5.91. The topological polar surface area (TPSA) is 55.9 Å². The lowest BCUT2D eigenvalue weighted by molar-refractivity contribution is 0.599. The Kier molecular flexibility index (Phi) is 3.78. The van der Waals surface area contributed by atoms with Crippen LogP contribution in [0.2, 0.25) is 0 Å². The van der Waals surface area contributed by atoms with Gasteiger partial charge in [0, 0.05) is 23.0 Å². The van der Waals surface area contributed by atoms with Crippen molar-refractivity contribution in [1.29, 1.82) is 0 Å². The molecule has 6 rings (SSSR count). The molecule has 1 aliphatic rings. The Balaban J connectivity index is 1.41. The molecule has 2 aromatic heterocycles. The molecule has 1 atom stereocenters. The van der Waals surface area contributed by atoms with Crippen LogP contribution in [0.1, 0.15) is 23.6 Å². The Bertz CT molecular complexity index is 1400. The van der Waals surface area contributed by atoms with Gasteiger partial charge >= 0.3 is 0 Å². The van der Waals surface area contributed by atoms with E-state index < -0.39 is 0 Å². The Morgan fingerprint density at radius 3 is 2.83 bits per heavy atom. The van der Waals surface area contributed by atoms with Gasteiger partial charge in [-0.1, -0.05) is 36.4 Å². The minimum Gasteiger partial charge on any atom is -0.384 e. The summed E-state index contributed by atoms with van der Waals surface area (Å²) in [6.45, 7) is 0. The van der Waals surface area contributed by atoms with Crippen LogP contribution in [-0.2, 0) is 6.42 Å². The molecule has 2 heterocycles. The lowest BCUT2D eigenvalue weighted by Crippen LogP contribution is -2.05. The van der Waals surface area contributed by atoms with Crippen LogP contribution in [0.25, 0.3) is 21.8 Å². The van der Waals surface area contributed by atoms with E-state index in [0.717, 1.165) is 35.1 Å². The molecule has 4 heteroatoms. The fourth-order valence-corrected chi connectivity index (χ4v) is 4.76. The number of nitrogens with zero attached hydrogens (tertiary/aromatic N) is 2. The van der Waals surface area contributed by atoms with Crippen LogP contribution in [0, 0.1) is 0 Å². The minimum absolute atomic E-state index is 0.402. The molecule has 4 nitrogen and oxygen atoms in total. The largest absolute Gasteiger partial charge is 0.384 e. The third kappa shape index (κ3) is 2.72. The van der Waals surface area contributed by atoms with Gasteiger partial charge in [0.05, 0.1) is 17.1 Å². The molecule has 0 amide bonds. The van der Waals surface area contributed by atoms with E-state index in [1.54, 1.807) is 0 Å². The first kappa shape index (κ1) is 17.1. The highest BCUT2D eigenvalue weighted by Gasteiger charge is 2.24. The van der Waals surface area contributed by atoms with Crippen LogP contribution in [0.5, 0.6) is 0 Å². The Morgan fingerprint density at radius 1 is 0.933 bits per heavy atom. The first-order chi connectivity index (χ1) is 14.8. The van der Waals surface area contributed by atoms with Crippen molar-refractivity contribution >= 4 is 39.0 Å². The summed E-state index contributed by atoms with van der Waals surface area (Å²) >= 11 is 0. The van der Waals surface area contributed by atoms with Crippen LogP contribution in [-0.4, -0.2) is 9.55 Å². The number of benzene rings is 3. The van der Waals surface area contributed by atoms with Crippen molar-refractivity contribution in [2.75, 3.05) is 11.1 Å². The summed E-state index contributed by atoms with van der Waals surface area (Å²) in [4.78, 5) is 4.44. The molecule has 0 bridgehead atoms. The van der Waals surface area contributed by atoms with Gasteiger partial charge in [0.15, 0.2) is 0 Å². The second-order valence-electron chi connectivity index (χ2n) is 7.98. The Hall–Kier alpha value is -3.79. The fraction of sp³-hybridized carbons (Fsp3) is 0.115. The van der Waals surface area contributed by atoms with E-state index in [1.807, 2.05) is 24.3 Å². The van der Waals surface area contributed by atoms with Crippen LogP contribution in [0.4, 0.5) is 17.2 Å². The number of anilines is 3. The molecule has 3 aromatic carbocycles. The predicted octanol–water partition coefficient (Wildman–Crippen LogP) is 6.05. The summed E-state index contributed by atoms with van der Waals surface area (Å²) in [7, 11) is 0. The van der Waals surface area contributed by atoms with Gasteiger partial charge in [0.25, 0.3) is 0 Å². The highest BCUT2D eigenvalue weighted by Crippen LogP contribution is 2.37. The van der Waals surface area contributed by atoms with Crippen molar-refractivity contribution in [3.05, 3.63) is 96.2 Å². The molecule has 146 valence electrons. The van der Waals surface area contributed by atoms with Gasteiger partial charge < -0.3 is 15.6 Å². The highest BCUT2D eigenvalue weighted by atomic mass is 15.0. The number of fused-ring (bicyclic) bond motifs is 3. The average Bonchev–Trinajstić information content (AvgIpc) is 3.37. The zero-order valence-electron chi connectivity index (χ0n) is 16.5. The molecule has 0 saturated heterocycles. The molecule has 5 aromatic rings. The minimum atomic E-state index is 0.402. The van der Waals surface area contributed by atoms with Crippen molar-refractivity contribution in [3.8, 4) is 0 Å². The van der Waals surface area contributed by atoms with Gasteiger partial charge in [0.1, 0.15) is 5.82 Å². The summed E-state index contributed by atoms with van der Waals surface area (Å²) in [6, 6.07) is 28.0. The van der Waals surface area contributed by atoms with E-state index in [1.165, 1.54) is 22.0 Å². The van der Waals surface area contributed by atoms with E-state index in [-0.39, 0.29) is 0 Å². The zero-order chi connectivity index (χ0) is 20.1. The van der Waals surface area contributed by atoms with E-state index >= 15 is 0 Å². The molecule has 30 heavy (non-hydrogen) atoms. The third-order valence-electron chi connectivity index (χ3n) is 6.19. The number of aromatic nitrogens is 2. The molecular weight excluding hydrogens is 368 g/mol. The van der Waals surface area contributed by atoms with Gasteiger partial charge in [-0.3, -0.25) is 0 Å². The Morgan fingerprint density at radius 2 is 1.87 bits per heavy atom. The molecule has 1 aliphatic carbocycles. The SMILES string of the molecule is Nc1ccc2c(Nc3ccc4ccn([C@@H]5CCc6ccccc65)c4c3)cccc2n1. The van der Waals surface area contributed by atoms with Gasteiger partial charge in [-0.25, -0.2) is 4.98 Å². The summed E-state index contributed by atoms with van der Waals surface area (Å²) < 4.78 is 2.43. The maximum absolute atomic E-state index is 5.85. The molecule has 0 spiro atoms. The molecule has 0 unspecified atom stereocenters. The number of nitrogens with two attached hydrogens (primary N) is 1. The Labute approximate surface area is 175 Å². The van der Waals surface area contributed by atoms with Crippen molar-refractivity contribution in [3.63, 3.8) is 0 Å². The van der Waals surface area contributed by atoms with Gasteiger partial charge in [0.2, 0.25) is 0 Å². The van der Waals surface area contributed by atoms with Crippen LogP contribution in [0.15, 0.2) is 85.1 Å². The number of hydrogen-bond acceptors (Lipinski definition) is 3. The summed E-state index contributed by atoms with van der Waals surface area (Å²) in [5.74, 6) is 0.538. The third-order valence-corrected chi connectivity index (χ3v) is 6.19. The summed E-state index contributed by atoms with van der Waals surface area (Å²) in [6.07, 6.45) is 4.52. The van der Waals surface area contributed by atoms with E-state index in [0.29, 0.717) is 11.9 Å². The molecule has 0 radical (unpaired) electrons. The average molecular weight is 390 g/mol. The zero-order valence-corrected chi connectivity index (χ0v) is 16.5. The molecular formula is C26H22N4. The van der Waals surface area contributed by atoms with Crippen molar-refractivity contribution in [1.82, 2.24) is 9.55 Å². The maximum Gasteiger partial charge on any atom is 0.124 e. The van der Waals surface area contributed by atoms with Crippen molar-refractivity contribution in [2.24, 2.45) is 0 Å². The second-order valence-corrected chi connectivity index (χ2v) is 7.98. The van der Waals surface area contributed by atoms with Crippen LogP contribution in [0.3, 0.4) is 0 Å². The van der Waals surface area contributed by atoms with Crippen LogP contribution >= 0.6 is 0 Å². The van der Waals surface area contributed by atoms with Gasteiger partial charge in [-0.15, -0.1) is 0 Å². The summed E-state index contributed by atoms with van der Waals surface area (Å²) in [5.41, 5.74) is 13.0. The highest BCUT2D eigenvalue weighted by molar-refractivity contribution is 5.95. The first-order valence-electron chi connectivity index (χ1n) is 10.4. The molecule has 3 N–H and O–H groups in total. The normalized spacial score (nSPS) is 15.5. The van der Waals surface area contributed by atoms with Gasteiger partial charge in [-0.05, 0) is 71.8 Å². The predicted molar refractivity (Wildman–Crippen MR) is 124 cm³/mol. The lowest BCUT2D eigenvalue weighted by atomic mass is 10.1. The molecule has 0 fully saturated rings. The first-order valence-corrected chi connectivity index (χ1v) is 10.4. The number of nitrogens with one attached hydrogen (secondary N) is 1. The number of hydrogen-bond donors (Lipinski definition) is 2. The van der Waals surface area contributed by atoms with Crippen molar-refractivity contribution in [2.45, 2.75) is 18.9 Å². The quantitative estimate of drug-likeness (QED) is 0.394. The van der Waals surface area contributed by atoms with Crippen LogP contribution < -0.4 is 11.1 Å². The van der Waals surface area contributed by atoms with Gasteiger partial charge in [-0.2, -0.15) is 0 Å². The molecule has 0 aliphatic heterocycles. The second kappa shape index (κ2) is 6.63. The monoisotopic (exact) mass is 390 g/mol. The maximum atomic E-state index is 5.85. The van der Waals surface area contributed by atoms with Crippen molar-refractivity contribution < 1.29 is 0 Å². The molecule has 0 saturated carbocycles. The smallest absolute Gasteiger partial charge is 0.124 e.